The van der Waals surface area contributed by atoms with Crippen LogP contribution in [0, 0.1) is 37.0 Å². The van der Waals surface area contributed by atoms with Crippen molar-refractivity contribution in [2.45, 2.75) is 20.3 Å². The predicted molar refractivity (Wildman–Crippen MR) is 60.7 cm³/mol. The summed E-state index contributed by atoms with van der Waals surface area (Å²) in [6, 6.07) is 6.07. The number of nitriles is 1. The monoisotopic (exact) mass is 247 g/mol. The summed E-state index contributed by atoms with van der Waals surface area (Å²) in [5.41, 5.74) is 3.31. The van der Waals surface area contributed by atoms with Gasteiger partial charge in [-0.15, -0.1) is 0 Å². The van der Waals surface area contributed by atoms with Gasteiger partial charge in [0.25, 0.3) is 0 Å². The molecule has 1 nitrogen and oxygen atoms in total. The minimum Gasteiger partial charge on any atom is -0.197 e. The molecule has 0 heterocycles. The van der Waals surface area contributed by atoms with Gasteiger partial charge in [0.2, 0.25) is 0 Å². The van der Waals surface area contributed by atoms with Crippen molar-refractivity contribution in [2.24, 2.45) is 0 Å². The third kappa shape index (κ3) is 2.62. The number of benzene rings is 1. The number of hydrogen-bond acceptors (Lipinski definition) is 1. The molecule has 0 atom stereocenters. The lowest BCUT2D eigenvalue weighted by molar-refractivity contribution is 1.33. The van der Waals surface area contributed by atoms with E-state index in [0.29, 0.717) is 0 Å². The summed E-state index contributed by atoms with van der Waals surface area (Å²) >= 11 is 3.43. The molecule has 70 valence electrons. The first-order valence-corrected chi connectivity index (χ1v) is 5.07. The highest BCUT2D eigenvalue weighted by molar-refractivity contribution is 9.10. The molecule has 0 amide bonds. The summed E-state index contributed by atoms with van der Waals surface area (Å²) in [5, 5.41) is 8.37. The fourth-order valence-electron chi connectivity index (χ4n) is 1.28. The Morgan fingerprint density at radius 1 is 1.29 bits per heavy atom. The highest BCUT2D eigenvalue weighted by Crippen LogP contribution is 2.19. The lowest BCUT2D eigenvalue weighted by Crippen LogP contribution is -1.87. The van der Waals surface area contributed by atoms with Crippen molar-refractivity contribution >= 4 is 15.9 Å². The van der Waals surface area contributed by atoms with Gasteiger partial charge in [0.1, 0.15) is 0 Å². The van der Waals surface area contributed by atoms with Crippen LogP contribution < -0.4 is 0 Å². The lowest BCUT2D eigenvalue weighted by Gasteiger charge is -2.03. The molecule has 0 bridgehead atoms. The lowest BCUT2D eigenvalue weighted by atomic mass is 10.0. The molecule has 0 spiro atoms. The van der Waals surface area contributed by atoms with Crippen LogP contribution in [-0.2, 0) is 0 Å². The number of aryl methyl sites for hydroxylation is 2. The van der Waals surface area contributed by atoms with Crippen molar-refractivity contribution in [2.75, 3.05) is 0 Å². The van der Waals surface area contributed by atoms with Crippen LogP contribution in [0.4, 0.5) is 0 Å². The largest absolute Gasteiger partial charge is 0.197 e. The molecule has 0 aliphatic heterocycles. The number of hydrogen-bond donors (Lipinski definition) is 0. The zero-order chi connectivity index (χ0) is 10.6. The van der Waals surface area contributed by atoms with Gasteiger partial charge in [-0.25, -0.2) is 0 Å². The van der Waals surface area contributed by atoms with Gasteiger partial charge in [-0.05, 0) is 37.1 Å². The van der Waals surface area contributed by atoms with Crippen molar-refractivity contribution in [3.05, 3.63) is 33.3 Å². The molecule has 0 aliphatic carbocycles. The van der Waals surface area contributed by atoms with Gasteiger partial charge < -0.3 is 0 Å². The van der Waals surface area contributed by atoms with E-state index in [-0.39, 0.29) is 6.42 Å². The van der Waals surface area contributed by atoms with E-state index in [1.165, 1.54) is 0 Å². The third-order valence-corrected chi connectivity index (χ3v) is 2.34. The second-order valence-electron chi connectivity index (χ2n) is 3.05. The van der Waals surface area contributed by atoms with E-state index in [2.05, 4.69) is 27.8 Å². The Bertz CT molecular complexity index is 421. The summed E-state index contributed by atoms with van der Waals surface area (Å²) in [6.07, 6.45) is 0.287. The molecule has 0 fully saturated rings. The van der Waals surface area contributed by atoms with Gasteiger partial charge in [-0.3, -0.25) is 0 Å². The quantitative estimate of drug-likeness (QED) is 0.646. The molecule has 0 saturated carbocycles. The maximum atomic E-state index is 8.37. The molecule has 2 heteroatoms. The van der Waals surface area contributed by atoms with Crippen LogP contribution in [0.1, 0.15) is 23.1 Å². The van der Waals surface area contributed by atoms with E-state index in [1.54, 1.807) is 0 Å². The second kappa shape index (κ2) is 4.84. The highest BCUT2D eigenvalue weighted by Gasteiger charge is 2.00. The van der Waals surface area contributed by atoms with E-state index in [1.807, 2.05) is 32.0 Å². The average Bonchev–Trinajstić information content (AvgIpc) is 2.09. The van der Waals surface area contributed by atoms with Crippen molar-refractivity contribution in [3.63, 3.8) is 0 Å². The van der Waals surface area contributed by atoms with Gasteiger partial charge in [0, 0.05) is 10.0 Å². The molecular formula is C12H10BrN. The minimum absolute atomic E-state index is 0.287. The highest BCUT2D eigenvalue weighted by atomic mass is 79.9. The van der Waals surface area contributed by atoms with E-state index in [9.17, 15) is 0 Å². The summed E-state index contributed by atoms with van der Waals surface area (Å²) in [5.74, 6) is 5.84. The Hall–Kier alpha value is -1.25. The van der Waals surface area contributed by atoms with Crippen LogP contribution in [-0.4, -0.2) is 0 Å². The fraction of sp³-hybridized carbons (Fsp3) is 0.250. The van der Waals surface area contributed by atoms with Gasteiger partial charge in [-0.1, -0.05) is 27.8 Å². The first-order valence-electron chi connectivity index (χ1n) is 4.27. The summed E-state index contributed by atoms with van der Waals surface area (Å²) in [7, 11) is 0. The van der Waals surface area contributed by atoms with Gasteiger partial charge in [0.05, 0.1) is 12.5 Å². The Labute approximate surface area is 92.9 Å². The molecule has 0 saturated heterocycles. The fourth-order valence-corrected chi connectivity index (χ4v) is 1.97. The molecule has 0 aliphatic rings. The van der Waals surface area contributed by atoms with Gasteiger partial charge in [-0.2, -0.15) is 5.26 Å². The average molecular weight is 248 g/mol. The molecule has 0 unspecified atom stereocenters. The van der Waals surface area contributed by atoms with Crippen molar-refractivity contribution in [1.29, 1.82) is 5.26 Å². The van der Waals surface area contributed by atoms with Crippen molar-refractivity contribution in [3.8, 4) is 17.9 Å². The number of halogens is 1. The summed E-state index contributed by atoms with van der Waals surface area (Å²) in [4.78, 5) is 0. The maximum Gasteiger partial charge on any atom is 0.0966 e. The standard InChI is InChI=1S/C12H10BrN/c1-9-7-11(13)8-10(2)12(9)5-3-4-6-14/h7-8H,4H2,1-2H3. The van der Waals surface area contributed by atoms with E-state index >= 15 is 0 Å². The zero-order valence-corrected chi connectivity index (χ0v) is 9.77. The Morgan fingerprint density at radius 3 is 2.36 bits per heavy atom. The molecule has 1 rings (SSSR count). The zero-order valence-electron chi connectivity index (χ0n) is 8.19. The number of rotatable bonds is 0. The molecule has 1 aromatic rings. The second-order valence-corrected chi connectivity index (χ2v) is 3.97. The van der Waals surface area contributed by atoms with Crippen LogP contribution in [0.25, 0.3) is 0 Å². The molecule has 0 radical (unpaired) electrons. The molecule has 1 aromatic carbocycles. The third-order valence-electron chi connectivity index (χ3n) is 1.88. The molecular weight excluding hydrogens is 238 g/mol. The van der Waals surface area contributed by atoms with Crippen LogP contribution in [0.2, 0.25) is 0 Å². The summed E-state index contributed by atoms with van der Waals surface area (Å²) < 4.78 is 1.07. The maximum absolute atomic E-state index is 8.37. The minimum atomic E-state index is 0.287. The van der Waals surface area contributed by atoms with Crippen LogP contribution >= 0.6 is 15.9 Å². The van der Waals surface area contributed by atoms with E-state index in [4.69, 9.17) is 5.26 Å². The predicted octanol–water partition coefficient (Wildman–Crippen LogP) is 3.33. The number of nitrogens with zero attached hydrogens (tertiary/aromatic N) is 1. The van der Waals surface area contributed by atoms with Crippen molar-refractivity contribution < 1.29 is 0 Å². The SMILES string of the molecule is Cc1cc(Br)cc(C)c1C#CCC#N. The van der Waals surface area contributed by atoms with E-state index in [0.717, 1.165) is 21.2 Å². The molecule has 0 aromatic heterocycles. The first kappa shape index (κ1) is 10.8. The van der Waals surface area contributed by atoms with Gasteiger partial charge >= 0.3 is 0 Å². The Kier molecular flexibility index (Phi) is 3.74. The van der Waals surface area contributed by atoms with Crippen molar-refractivity contribution in [1.82, 2.24) is 0 Å². The molecule has 14 heavy (non-hydrogen) atoms. The first-order chi connectivity index (χ1) is 6.65. The Balaban J connectivity index is 3.12. The van der Waals surface area contributed by atoms with Crippen LogP contribution in [0.15, 0.2) is 16.6 Å². The molecule has 0 N–H and O–H groups in total. The summed E-state index contributed by atoms with van der Waals surface area (Å²) in [6.45, 7) is 4.04. The van der Waals surface area contributed by atoms with Gasteiger partial charge in [0.15, 0.2) is 0 Å². The van der Waals surface area contributed by atoms with Crippen LogP contribution in [0.5, 0.6) is 0 Å². The van der Waals surface area contributed by atoms with E-state index < -0.39 is 0 Å². The topological polar surface area (TPSA) is 23.8 Å². The normalized spacial score (nSPS) is 8.71. The van der Waals surface area contributed by atoms with Crippen LogP contribution in [0.3, 0.4) is 0 Å². The Morgan fingerprint density at radius 2 is 1.86 bits per heavy atom. The smallest absolute Gasteiger partial charge is 0.0966 e.